The second-order valence-electron chi connectivity index (χ2n) is 14.5. The van der Waals surface area contributed by atoms with Crippen molar-refractivity contribution >= 4 is 53.3 Å². The van der Waals surface area contributed by atoms with E-state index in [1.54, 1.807) is 0 Å². The van der Waals surface area contributed by atoms with Crippen molar-refractivity contribution in [3.8, 4) is 62.1 Å². The highest BCUT2D eigenvalue weighted by Crippen LogP contribution is 2.41. The van der Waals surface area contributed by atoms with Crippen molar-refractivity contribution < 1.29 is 0 Å². The van der Waals surface area contributed by atoms with Gasteiger partial charge in [-0.05, 0) is 71.1 Å². The Hall–Kier alpha value is -7.21. The quantitative estimate of drug-likeness (QED) is 0.170. The Bertz CT molecular complexity index is 3250. The van der Waals surface area contributed by atoms with Crippen molar-refractivity contribution in [3.63, 3.8) is 0 Å². The topological polar surface area (TPSA) is 43.6 Å². The molecule has 0 fully saturated rings. The first-order chi connectivity index (χ1) is 28.2. The van der Waals surface area contributed by atoms with Crippen LogP contribution in [0.2, 0.25) is 0 Å². The Morgan fingerprint density at radius 2 is 0.930 bits per heavy atom. The van der Waals surface area contributed by atoms with E-state index in [2.05, 4.69) is 163 Å². The predicted octanol–water partition coefficient (Wildman–Crippen LogP) is 14.0. The van der Waals surface area contributed by atoms with E-state index < -0.39 is 0 Å². The molecule has 0 bridgehead atoms. The number of fused-ring (bicyclic) bond motifs is 6. The van der Waals surface area contributed by atoms with Crippen LogP contribution in [-0.2, 0) is 0 Å². The number of benzene rings is 8. The van der Waals surface area contributed by atoms with E-state index in [9.17, 15) is 0 Å². The van der Waals surface area contributed by atoms with E-state index in [4.69, 9.17) is 15.0 Å². The summed E-state index contributed by atoms with van der Waals surface area (Å²) in [5.74, 6) is 1.88. The molecule has 11 aromatic rings. The lowest BCUT2D eigenvalue weighted by Crippen LogP contribution is -2.04. The fourth-order valence-electron chi connectivity index (χ4n) is 8.22. The van der Waals surface area contributed by atoms with Crippen molar-refractivity contribution in [3.05, 3.63) is 194 Å². The van der Waals surface area contributed by atoms with Crippen molar-refractivity contribution in [1.82, 2.24) is 19.5 Å². The summed E-state index contributed by atoms with van der Waals surface area (Å²) in [5.41, 5.74) is 11.9. The number of hydrogen-bond donors (Lipinski definition) is 0. The minimum Gasteiger partial charge on any atom is -0.308 e. The van der Waals surface area contributed by atoms with Crippen LogP contribution >= 0.6 is 11.3 Å². The lowest BCUT2D eigenvalue weighted by Gasteiger charge is -2.17. The molecule has 0 aliphatic heterocycles. The van der Waals surface area contributed by atoms with Crippen LogP contribution in [0.3, 0.4) is 0 Å². The fourth-order valence-corrected chi connectivity index (χ4v) is 9.36. The molecule has 0 radical (unpaired) electrons. The molecule has 0 atom stereocenters. The van der Waals surface area contributed by atoms with Crippen LogP contribution in [0.4, 0.5) is 0 Å². The third kappa shape index (κ3) is 5.71. The Kier molecular flexibility index (Phi) is 7.86. The summed E-state index contributed by atoms with van der Waals surface area (Å²) in [7, 11) is 0. The van der Waals surface area contributed by atoms with Gasteiger partial charge in [0.15, 0.2) is 17.5 Å². The molecule has 0 amide bonds. The van der Waals surface area contributed by atoms with Gasteiger partial charge in [-0.25, -0.2) is 15.0 Å². The largest absolute Gasteiger partial charge is 0.308 e. The zero-order chi connectivity index (χ0) is 37.9. The molecule has 5 heteroatoms. The number of aryl methyl sites for hydroxylation is 1. The number of rotatable bonds is 6. The SMILES string of the molecule is Cc1ccccc1-c1ccc2c3ccccc3n(-c3ccc(-c4ccc5c(c4)sc4ccccc45)cc3-c3nc(-c4ccccc4)nc(-c4ccccc4)n3)c2c1. The highest BCUT2D eigenvalue weighted by atomic mass is 32.1. The molecule has 0 aliphatic rings. The van der Waals surface area contributed by atoms with Gasteiger partial charge in [-0.15, -0.1) is 11.3 Å². The first kappa shape index (κ1) is 33.2. The van der Waals surface area contributed by atoms with Gasteiger partial charge in [0.2, 0.25) is 0 Å². The van der Waals surface area contributed by atoms with Gasteiger partial charge >= 0.3 is 0 Å². The van der Waals surface area contributed by atoms with Crippen LogP contribution in [0, 0.1) is 6.92 Å². The van der Waals surface area contributed by atoms with Gasteiger partial charge in [0.25, 0.3) is 0 Å². The molecule has 8 aromatic carbocycles. The lowest BCUT2D eigenvalue weighted by atomic mass is 9.99. The van der Waals surface area contributed by atoms with Gasteiger partial charge in [-0.1, -0.05) is 152 Å². The second kappa shape index (κ2) is 13.5. The average molecular weight is 747 g/mol. The molecule has 0 aliphatic carbocycles. The zero-order valence-electron chi connectivity index (χ0n) is 31.1. The first-order valence-electron chi connectivity index (χ1n) is 19.2. The summed E-state index contributed by atoms with van der Waals surface area (Å²) in [6.45, 7) is 2.18. The van der Waals surface area contributed by atoms with E-state index >= 15 is 0 Å². The normalized spacial score (nSPS) is 11.6. The van der Waals surface area contributed by atoms with Crippen LogP contribution in [-0.4, -0.2) is 19.5 Å². The summed E-state index contributed by atoms with van der Waals surface area (Å²) in [5, 5.41) is 4.96. The summed E-state index contributed by atoms with van der Waals surface area (Å²) in [6, 6.07) is 66.8. The molecular formula is C52H34N4S. The zero-order valence-corrected chi connectivity index (χ0v) is 31.9. The molecule has 57 heavy (non-hydrogen) atoms. The van der Waals surface area contributed by atoms with E-state index in [1.807, 2.05) is 47.7 Å². The third-order valence-corrected chi connectivity index (χ3v) is 12.2. The van der Waals surface area contributed by atoms with Crippen molar-refractivity contribution in [2.45, 2.75) is 6.92 Å². The third-order valence-electron chi connectivity index (χ3n) is 11.0. The summed E-state index contributed by atoms with van der Waals surface area (Å²) in [6.07, 6.45) is 0. The van der Waals surface area contributed by atoms with E-state index in [0.29, 0.717) is 17.5 Å². The average Bonchev–Trinajstić information content (AvgIpc) is 3.82. The van der Waals surface area contributed by atoms with Crippen LogP contribution in [0.15, 0.2) is 188 Å². The standard InChI is InChI=1S/C52H34N4S/c1-33-14-8-9-19-39(33)38-25-27-41-40-20-10-12-22-45(40)56(47(41)31-38)46-29-26-36(37-24-28-43-42-21-11-13-23-48(42)57-49(43)32-37)30-44(46)52-54-50(34-15-4-2-5-16-34)53-51(55-52)35-17-6-3-7-18-35/h2-32H,1H3. The summed E-state index contributed by atoms with van der Waals surface area (Å²) < 4.78 is 4.96. The predicted molar refractivity (Wildman–Crippen MR) is 239 cm³/mol. The Morgan fingerprint density at radius 3 is 1.70 bits per heavy atom. The number of thiophene rings is 1. The van der Waals surface area contributed by atoms with Gasteiger partial charge in [-0.3, -0.25) is 0 Å². The van der Waals surface area contributed by atoms with Gasteiger partial charge in [0, 0.05) is 47.6 Å². The second-order valence-corrected chi connectivity index (χ2v) is 15.6. The maximum atomic E-state index is 5.29. The van der Waals surface area contributed by atoms with E-state index in [-0.39, 0.29) is 0 Å². The van der Waals surface area contributed by atoms with Gasteiger partial charge in [0.1, 0.15) is 0 Å². The van der Waals surface area contributed by atoms with Gasteiger partial charge in [-0.2, -0.15) is 0 Å². The first-order valence-corrected chi connectivity index (χ1v) is 20.0. The van der Waals surface area contributed by atoms with Gasteiger partial charge < -0.3 is 4.57 Å². The van der Waals surface area contributed by atoms with Crippen LogP contribution in [0.5, 0.6) is 0 Å². The number of aromatic nitrogens is 4. The monoisotopic (exact) mass is 746 g/mol. The lowest BCUT2D eigenvalue weighted by molar-refractivity contribution is 1.06. The minimum absolute atomic E-state index is 0.614. The highest BCUT2D eigenvalue weighted by molar-refractivity contribution is 7.25. The smallest absolute Gasteiger partial charge is 0.166 e. The number of hydrogen-bond acceptors (Lipinski definition) is 4. The molecule has 11 rings (SSSR count). The molecule has 3 aromatic heterocycles. The van der Waals surface area contributed by atoms with E-state index in [0.717, 1.165) is 44.5 Å². The number of para-hydroxylation sites is 1. The maximum Gasteiger partial charge on any atom is 0.166 e. The van der Waals surface area contributed by atoms with Crippen LogP contribution in [0.25, 0.3) is 104 Å². The molecule has 0 saturated carbocycles. The Balaban J connectivity index is 1.20. The summed E-state index contributed by atoms with van der Waals surface area (Å²) in [4.78, 5) is 15.6. The fraction of sp³-hybridized carbons (Fsp3) is 0.0192. The van der Waals surface area contributed by atoms with Crippen LogP contribution in [0.1, 0.15) is 5.56 Å². The molecule has 3 heterocycles. The number of nitrogens with zero attached hydrogens (tertiary/aromatic N) is 4. The minimum atomic E-state index is 0.614. The van der Waals surface area contributed by atoms with Crippen molar-refractivity contribution in [2.24, 2.45) is 0 Å². The molecule has 4 nitrogen and oxygen atoms in total. The Labute approximate surface area is 334 Å². The Morgan fingerprint density at radius 1 is 0.368 bits per heavy atom. The summed E-state index contributed by atoms with van der Waals surface area (Å²) >= 11 is 1.84. The van der Waals surface area contributed by atoms with E-state index in [1.165, 1.54) is 47.6 Å². The van der Waals surface area contributed by atoms with Crippen molar-refractivity contribution in [2.75, 3.05) is 0 Å². The van der Waals surface area contributed by atoms with Gasteiger partial charge in [0.05, 0.1) is 16.7 Å². The van der Waals surface area contributed by atoms with Crippen LogP contribution < -0.4 is 0 Å². The van der Waals surface area contributed by atoms with Crippen molar-refractivity contribution in [1.29, 1.82) is 0 Å². The maximum absolute atomic E-state index is 5.29. The molecule has 0 saturated heterocycles. The highest BCUT2D eigenvalue weighted by Gasteiger charge is 2.21. The molecule has 0 N–H and O–H groups in total. The molecule has 268 valence electrons. The molecule has 0 spiro atoms. The molecule has 0 unspecified atom stereocenters. The molecular weight excluding hydrogens is 713 g/mol.